The Balaban J connectivity index is 1.82. The molecule has 2 heterocycles. The molecule has 0 aromatic carbocycles. The second-order valence-corrected chi connectivity index (χ2v) is 6.04. The predicted octanol–water partition coefficient (Wildman–Crippen LogP) is 2.21. The number of likely N-dealkylation sites (tertiary alicyclic amines) is 1. The molecule has 3 heteroatoms. The minimum Gasteiger partial charge on any atom is -0.298 e. The molecule has 3 atom stereocenters. The second-order valence-electron chi connectivity index (χ2n) is 4.06. The van der Waals surface area contributed by atoms with Crippen molar-refractivity contribution in [3.8, 4) is 0 Å². The second kappa shape index (κ2) is 3.89. The number of hydrogen-bond acceptors (Lipinski definition) is 2. The van der Waals surface area contributed by atoms with Crippen LogP contribution in [0.2, 0.25) is 0 Å². The molecule has 2 rings (SSSR count). The smallest absolute Gasteiger partial charge is 0.0198 e. The molecule has 70 valence electrons. The average Bonchev–Trinajstić information content (AvgIpc) is 2.64. The summed E-state index contributed by atoms with van der Waals surface area (Å²) < 4.78 is 0. The van der Waals surface area contributed by atoms with Crippen LogP contribution in [-0.4, -0.2) is 40.4 Å². The van der Waals surface area contributed by atoms with Crippen LogP contribution in [0.1, 0.15) is 13.3 Å². The van der Waals surface area contributed by atoms with Crippen molar-refractivity contribution < 1.29 is 0 Å². The SMILES string of the molecule is CC(CBr)CN1CC2CC1CS2. The van der Waals surface area contributed by atoms with Crippen LogP contribution in [0.15, 0.2) is 0 Å². The van der Waals surface area contributed by atoms with Gasteiger partial charge in [-0.1, -0.05) is 22.9 Å². The first kappa shape index (κ1) is 9.35. The summed E-state index contributed by atoms with van der Waals surface area (Å²) in [4.78, 5) is 2.69. The van der Waals surface area contributed by atoms with E-state index in [4.69, 9.17) is 0 Å². The van der Waals surface area contributed by atoms with Gasteiger partial charge in [0.25, 0.3) is 0 Å². The first-order chi connectivity index (χ1) is 5.79. The molecule has 0 radical (unpaired) electrons. The van der Waals surface area contributed by atoms with Crippen LogP contribution in [0.3, 0.4) is 0 Å². The lowest BCUT2D eigenvalue weighted by Gasteiger charge is -2.28. The number of nitrogens with zero attached hydrogens (tertiary/aromatic N) is 1. The predicted molar refractivity (Wildman–Crippen MR) is 59.2 cm³/mol. The number of rotatable bonds is 3. The summed E-state index contributed by atoms with van der Waals surface area (Å²) in [5.41, 5.74) is 0. The van der Waals surface area contributed by atoms with Crippen molar-refractivity contribution in [2.24, 2.45) is 5.92 Å². The van der Waals surface area contributed by atoms with E-state index in [-0.39, 0.29) is 0 Å². The van der Waals surface area contributed by atoms with Gasteiger partial charge in [-0.25, -0.2) is 0 Å². The van der Waals surface area contributed by atoms with Crippen molar-refractivity contribution in [3.05, 3.63) is 0 Å². The normalized spacial score (nSPS) is 37.5. The molecule has 2 bridgehead atoms. The van der Waals surface area contributed by atoms with Gasteiger partial charge >= 0.3 is 0 Å². The fourth-order valence-electron chi connectivity index (χ4n) is 2.15. The Morgan fingerprint density at radius 1 is 1.67 bits per heavy atom. The van der Waals surface area contributed by atoms with Crippen LogP contribution in [0.4, 0.5) is 0 Å². The largest absolute Gasteiger partial charge is 0.298 e. The fourth-order valence-corrected chi connectivity index (χ4v) is 3.85. The molecule has 3 unspecified atom stereocenters. The van der Waals surface area contributed by atoms with Crippen molar-refractivity contribution in [1.82, 2.24) is 4.90 Å². The highest BCUT2D eigenvalue weighted by Crippen LogP contribution is 2.37. The van der Waals surface area contributed by atoms with E-state index >= 15 is 0 Å². The van der Waals surface area contributed by atoms with E-state index in [2.05, 4.69) is 39.5 Å². The lowest BCUT2D eigenvalue weighted by atomic mass is 10.2. The van der Waals surface area contributed by atoms with E-state index in [9.17, 15) is 0 Å². The Morgan fingerprint density at radius 2 is 2.50 bits per heavy atom. The standard InChI is InChI=1S/C9H16BrNS/c1-7(3-10)4-11-5-9-2-8(11)6-12-9/h7-9H,2-6H2,1H3. The molecule has 0 amide bonds. The van der Waals surface area contributed by atoms with Crippen molar-refractivity contribution in [1.29, 1.82) is 0 Å². The molecule has 1 nitrogen and oxygen atoms in total. The minimum absolute atomic E-state index is 0.814. The molecule has 12 heavy (non-hydrogen) atoms. The summed E-state index contributed by atoms with van der Waals surface area (Å²) in [7, 11) is 0. The third kappa shape index (κ3) is 1.83. The highest BCUT2D eigenvalue weighted by Gasteiger charge is 2.38. The zero-order valence-corrected chi connectivity index (χ0v) is 9.90. The van der Waals surface area contributed by atoms with E-state index in [0.29, 0.717) is 0 Å². The first-order valence-electron chi connectivity index (χ1n) is 4.71. The molecule has 2 aliphatic heterocycles. The monoisotopic (exact) mass is 249 g/mol. The van der Waals surface area contributed by atoms with Gasteiger partial charge in [0.05, 0.1) is 0 Å². The zero-order valence-electron chi connectivity index (χ0n) is 7.50. The topological polar surface area (TPSA) is 3.24 Å². The van der Waals surface area contributed by atoms with Gasteiger partial charge in [0.1, 0.15) is 0 Å². The van der Waals surface area contributed by atoms with Crippen molar-refractivity contribution in [3.63, 3.8) is 0 Å². The Morgan fingerprint density at radius 3 is 3.00 bits per heavy atom. The number of hydrogen-bond donors (Lipinski definition) is 0. The molecule has 2 aliphatic rings. The van der Waals surface area contributed by atoms with Crippen molar-refractivity contribution in [2.45, 2.75) is 24.6 Å². The molecule has 0 N–H and O–H groups in total. The van der Waals surface area contributed by atoms with Crippen molar-refractivity contribution >= 4 is 27.7 Å². The number of alkyl halides is 1. The Kier molecular flexibility index (Phi) is 3.03. The van der Waals surface area contributed by atoms with Crippen LogP contribution in [-0.2, 0) is 0 Å². The Labute approximate surface area is 87.4 Å². The summed E-state index contributed by atoms with van der Waals surface area (Å²) in [6.07, 6.45) is 1.46. The molecule has 0 aliphatic carbocycles. The molecule has 0 aromatic rings. The molecule has 0 saturated carbocycles. The third-order valence-corrected chi connectivity index (χ3v) is 5.32. The van der Waals surface area contributed by atoms with E-state index in [1.54, 1.807) is 0 Å². The molecular weight excluding hydrogens is 234 g/mol. The van der Waals surface area contributed by atoms with E-state index in [1.165, 1.54) is 25.3 Å². The molecule has 0 spiro atoms. The third-order valence-electron chi connectivity index (χ3n) is 2.82. The van der Waals surface area contributed by atoms with E-state index < -0.39 is 0 Å². The molecule has 2 fully saturated rings. The number of thioether (sulfide) groups is 1. The molecule has 2 saturated heterocycles. The lowest BCUT2D eigenvalue weighted by molar-refractivity contribution is 0.242. The van der Waals surface area contributed by atoms with Gasteiger partial charge in [0, 0.05) is 35.5 Å². The van der Waals surface area contributed by atoms with Crippen LogP contribution in [0, 0.1) is 5.92 Å². The van der Waals surface area contributed by atoms with Gasteiger partial charge in [0.2, 0.25) is 0 Å². The maximum atomic E-state index is 3.54. The number of fused-ring (bicyclic) bond motifs is 2. The van der Waals surface area contributed by atoms with Gasteiger partial charge < -0.3 is 0 Å². The summed E-state index contributed by atoms with van der Waals surface area (Å²) >= 11 is 5.72. The Hall–Kier alpha value is 0.790. The fraction of sp³-hybridized carbons (Fsp3) is 1.00. The van der Waals surface area contributed by atoms with Crippen molar-refractivity contribution in [2.75, 3.05) is 24.2 Å². The highest BCUT2D eigenvalue weighted by molar-refractivity contribution is 9.09. The lowest BCUT2D eigenvalue weighted by Crippen LogP contribution is -2.37. The summed E-state index contributed by atoms with van der Waals surface area (Å²) in [6.45, 7) is 4.98. The van der Waals surface area contributed by atoms with E-state index in [0.717, 1.165) is 22.5 Å². The summed E-state index contributed by atoms with van der Waals surface area (Å²) in [5.74, 6) is 2.20. The highest BCUT2D eigenvalue weighted by atomic mass is 79.9. The quantitative estimate of drug-likeness (QED) is 0.706. The first-order valence-corrected chi connectivity index (χ1v) is 6.88. The minimum atomic E-state index is 0.814. The average molecular weight is 250 g/mol. The van der Waals surface area contributed by atoms with Gasteiger partial charge in [-0.3, -0.25) is 4.90 Å². The van der Waals surface area contributed by atoms with Crippen LogP contribution in [0.25, 0.3) is 0 Å². The van der Waals surface area contributed by atoms with Gasteiger partial charge in [-0.05, 0) is 12.3 Å². The zero-order chi connectivity index (χ0) is 8.55. The van der Waals surface area contributed by atoms with E-state index in [1.807, 2.05) is 0 Å². The summed E-state index contributed by atoms with van der Waals surface area (Å²) in [5, 5.41) is 2.12. The summed E-state index contributed by atoms with van der Waals surface area (Å²) in [6, 6.07) is 0.918. The molecule has 0 aromatic heterocycles. The Bertz CT molecular complexity index is 165. The number of halogens is 1. The van der Waals surface area contributed by atoms with Gasteiger partial charge in [-0.2, -0.15) is 11.8 Å². The van der Waals surface area contributed by atoms with Crippen LogP contribution < -0.4 is 0 Å². The van der Waals surface area contributed by atoms with Crippen LogP contribution >= 0.6 is 27.7 Å². The maximum Gasteiger partial charge on any atom is 0.0198 e. The maximum absolute atomic E-state index is 3.54. The van der Waals surface area contributed by atoms with Gasteiger partial charge in [-0.15, -0.1) is 0 Å². The molecular formula is C9H16BrNS. The van der Waals surface area contributed by atoms with Crippen LogP contribution in [0.5, 0.6) is 0 Å². The van der Waals surface area contributed by atoms with Gasteiger partial charge in [0.15, 0.2) is 0 Å².